The third-order valence-corrected chi connectivity index (χ3v) is 5.12. The number of hydrogen-bond acceptors (Lipinski definition) is 4. The fourth-order valence-corrected chi connectivity index (χ4v) is 3.43. The average Bonchev–Trinajstić information content (AvgIpc) is 2.56. The minimum Gasteiger partial charge on any atom is -0.396 e. The van der Waals surface area contributed by atoms with Crippen molar-refractivity contribution in [2.75, 3.05) is 26.4 Å². The van der Waals surface area contributed by atoms with Crippen LogP contribution in [-0.2, 0) is 0 Å². The Morgan fingerprint density at radius 1 is 0.650 bits per heavy atom. The maximum Gasteiger partial charge on any atom is 0.0509 e. The van der Waals surface area contributed by atoms with Crippen LogP contribution in [0.15, 0.2) is 0 Å². The molecule has 0 amide bonds. The number of rotatable bonds is 4. The lowest BCUT2D eigenvalue weighted by molar-refractivity contribution is 0.0234. The first-order chi connectivity index (χ1) is 9.71. The van der Waals surface area contributed by atoms with E-state index in [0.29, 0.717) is 11.8 Å². The van der Waals surface area contributed by atoms with Crippen molar-refractivity contribution < 1.29 is 20.4 Å². The van der Waals surface area contributed by atoms with Gasteiger partial charge in [0, 0.05) is 18.6 Å². The SMILES string of the molecule is OCC1(CO)CCCCC1.OCC1CCCCC1CO. The molecule has 0 aromatic heterocycles. The molecule has 0 aromatic rings. The lowest BCUT2D eigenvalue weighted by Gasteiger charge is -2.33. The van der Waals surface area contributed by atoms with Crippen LogP contribution in [0.4, 0.5) is 0 Å². The standard InChI is InChI=1S/2C8H16O2/c9-5-7-3-1-2-4-8(7)6-10;9-6-8(7-10)4-2-1-3-5-8/h7-10H,1-6H2;9-10H,1-7H2. The first-order valence-corrected chi connectivity index (χ1v) is 8.15. The minimum absolute atomic E-state index is 0.127. The average molecular weight is 288 g/mol. The van der Waals surface area contributed by atoms with Crippen LogP contribution < -0.4 is 0 Å². The van der Waals surface area contributed by atoms with Gasteiger partial charge in [0.2, 0.25) is 0 Å². The molecular formula is C16H32O4. The van der Waals surface area contributed by atoms with Gasteiger partial charge >= 0.3 is 0 Å². The zero-order valence-electron chi connectivity index (χ0n) is 12.6. The normalized spacial score (nSPS) is 29.4. The summed E-state index contributed by atoms with van der Waals surface area (Å²) < 4.78 is 0. The molecule has 2 aliphatic carbocycles. The predicted molar refractivity (Wildman–Crippen MR) is 79.3 cm³/mol. The Hall–Kier alpha value is -0.160. The van der Waals surface area contributed by atoms with Gasteiger partial charge in [-0.05, 0) is 37.5 Å². The summed E-state index contributed by atoms with van der Waals surface area (Å²) in [6, 6.07) is 0. The summed E-state index contributed by atoms with van der Waals surface area (Å²) in [5, 5.41) is 35.7. The first kappa shape index (κ1) is 17.9. The van der Waals surface area contributed by atoms with Crippen LogP contribution in [0.2, 0.25) is 0 Å². The summed E-state index contributed by atoms with van der Waals surface area (Å²) >= 11 is 0. The molecule has 120 valence electrons. The minimum atomic E-state index is -0.127. The van der Waals surface area contributed by atoms with Crippen LogP contribution in [0, 0.1) is 17.3 Å². The molecular weight excluding hydrogens is 256 g/mol. The maximum atomic E-state index is 8.98. The van der Waals surface area contributed by atoms with Crippen LogP contribution in [0.1, 0.15) is 57.8 Å². The zero-order chi connectivity index (χ0) is 14.8. The molecule has 2 atom stereocenters. The molecule has 2 aliphatic rings. The highest BCUT2D eigenvalue weighted by Gasteiger charge is 2.30. The molecule has 0 aliphatic heterocycles. The Kier molecular flexibility index (Phi) is 8.69. The largest absolute Gasteiger partial charge is 0.396 e. The van der Waals surface area contributed by atoms with E-state index in [-0.39, 0.29) is 31.8 Å². The van der Waals surface area contributed by atoms with Crippen LogP contribution >= 0.6 is 0 Å². The van der Waals surface area contributed by atoms with Crippen molar-refractivity contribution in [3.8, 4) is 0 Å². The van der Waals surface area contributed by atoms with Crippen molar-refractivity contribution in [1.82, 2.24) is 0 Å². The van der Waals surface area contributed by atoms with E-state index in [1.165, 1.54) is 32.1 Å². The van der Waals surface area contributed by atoms with Gasteiger partial charge in [0.25, 0.3) is 0 Å². The molecule has 2 rings (SSSR count). The molecule has 20 heavy (non-hydrogen) atoms. The van der Waals surface area contributed by atoms with Gasteiger partial charge in [-0.2, -0.15) is 0 Å². The first-order valence-electron chi connectivity index (χ1n) is 8.15. The van der Waals surface area contributed by atoms with E-state index in [9.17, 15) is 0 Å². The topological polar surface area (TPSA) is 80.9 Å². The third-order valence-electron chi connectivity index (χ3n) is 5.12. The molecule has 2 fully saturated rings. The van der Waals surface area contributed by atoms with E-state index in [1.54, 1.807) is 0 Å². The van der Waals surface area contributed by atoms with Gasteiger partial charge in [-0.3, -0.25) is 0 Å². The van der Waals surface area contributed by atoms with Gasteiger partial charge in [-0.1, -0.05) is 32.1 Å². The summed E-state index contributed by atoms with van der Waals surface area (Å²) in [7, 11) is 0. The highest BCUT2D eigenvalue weighted by atomic mass is 16.3. The van der Waals surface area contributed by atoms with Crippen molar-refractivity contribution in [1.29, 1.82) is 0 Å². The molecule has 0 aromatic carbocycles. The Labute approximate surface area is 122 Å². The van der Waals surface area contributed by atoms with Gasteiger partial charge in [0.05, 0.1) is 13.2 Å². The van der Waals surface area contributed by atoms with Crippen molar-refractivity contribution in [2.24, 2.45) is 17.3 Å². The predicted octanol–water partition coefficient (Wildman–Crippen LogP) is 1.70. The highest BCUT2D eigenvalue weighted by Crippen LogP contribution is 2.34. The number of aliphatic hydroxyl groups is 4. The molecule has 4 heteroatoms. The Morgan fingerprint density at radius 2 is 1.10 bits per heavy atom. The second-order valence-electron chi connectivity index (χ2n) is 6.55. The van der Waals surface area contributed by atoms with Gasteiger partial charge in [0.1, 0.15) is 0 Å². The third kappa shape index (κ3) is 5.32. The number of hydrogen-bond donors (Lipinski definition) is 4. The Balaban J connectivity index is 0.000000200. The zero-order valence-corrected chi connectivity index (χ0v) is 12.6. The van der Waals surface area contributed by atoms with Gasteiger partial charge in [-0.15, -0.1) is 0 Å². The number of aliphatic hydroxyl groups excluding tert-OH is 4. The highest BCUT2D eigenvalue weighted by molar-refractivity contribution is 4.81. The molecule has 0 bridgehead atoms. The van der Waals surface area contributed by atoms with Crippen LogP contribution in [0.3, 0.4) is 0 Å². The fourth-order valence-electron chi connectivity index (χ4n) is 3.43. The summed E-state index contributed by atoms with van der Waals surface area (Å²) in [4.78, 5) is 0. The second kappa shape index (κ2) is 9.72. The summed E-state index contributed by atoms with van der Waals surface area (Å²) in [6.45, 7) is 0.823. The van der Waals surface area contributed by atoms with Gasteiger partial charge in [0.15, 0.2) is 0 Å². The van der Waals surface area contributed by atoms with Gasteiger partial charge in [-0.25, -0.2) is 0 Å². The molecule has 2 saturated carbocycles. The maximum absolute atomic E-state index is 8.98. The van der Waals surface area contributed by atoms with E-state index in [2.05, 4.69) is 0 Å². The van der Waals surface area contributed by atoms with Crippen molar-refractivity contribution in [3.05, 3.63) is 0 Å². The molecule has 0 saturated heterocycles. The lowest BCUT2D eigenvalue weighted by atomic mass is 9.75. The van der Waals surface area contributed by atoms with Crippen LogP contribution in [0.25, 0.3) is 0 Å². The molecule has 0 spiro atoms. The van der Waals surface area contributed by atoms with Gasteiger partial charge < -0.3 is 20.4 Å². The molecule has 4 N–H and O–H groups in total. The molecule has 2 unspecified atom stereocenters. The van der Waals surface area contributed by atoms with Crippen LogP contribution in [-0.4, -0.2) is 46.9 Å². The van der Waals surface area contributed by atoms with Crippen molar-refractivity contribution in [3.63, 3.8) is 0 Å². The molecule has 4 nitrogen and oxygen atoms in total. The summed E-state index contributed by atoms with van der Waals surface area (Å²) in [6.07, 6.45) is 10.2. The molecule has 0 radical (unpaired) electrons. The quantitative estimate of drug-likeness (QED) is 0.635. The smallest absolute Gasteiger partial charge is 0.0509 e. The van der Waals surface area contributed by atoms with Crippen molar-refractivity contribution >= 4 is 0 Å². The Bertz CT molecular complexity index is 221. The second-order valence-corrected chi connectivity index (χ2v) is 6.55. The lowest BCUT2D eigenvalue weighted by Crippen LogP contribution is -2.31. The van der Waals surface area contributed by atoms with E-state index < -0.39 is 0 Å². The fraction of sp³-hybridized carbons (Fsp3) is 1.00. The summed E-state index contributed by atoms with van der Waals surface area (Å²) in [5.74, 6) is 0.748. The Morgan fingerprint density at radius 3 is 1.40 bits per heavy atom. The van der Waals surface area contributed by atoms with Crippen LogP contribution in [0.5, 0.6) is 0 Å². The van der Waals surface area contributed by atoms with E-state index in [4.69, 9.17) is 20.4 Å². The van der Waals surface area contributed by atoms with E-state index >= 15 is 0 Å². The van der Waals surface area contributed by atoms with E-state index in [1.807, 2.05) is 0 Å². The monoisotopic (exact) mass is 288 g/mol. The van der Waals surface area contributed by atoms with Crippen molar-refractivity contribution in [2.45, 2.75) is 57.8 Å². The van der Waals surface area contributed by atoms with E-state index in [0.717, 1.165) is 25.7 Å². The molecule has 0 heterocycles. The summed E-state index contributed by atoms with van der Waals surface area (Å²) in [5.41, 5.74) is -0.127.